The Morgan fingerprint density at radius 3 is 2.48 bits per heavy atom. The summed E-state index contributed by atoms with van der Waals surface area (Å²) in [5, 5.41) is 3.00. The molecule has 0 fully saturated rings. The monoisotopic (exact) mass is 369 g/mol. The molecule has 0 spiro atoms. The third-order valence-electron chi connectivity index (χ3n) is 4.59. The number of methoxy groups -OCH3 is 1. The molecule has 4 nitrogen and oxygen atoms in total. The van der Waals surface area contributed by atoms with E-state index < -0.39 is 0 Å². The molecule has 2 rings (SSSR count). The maximum atomic E-state index is 12.2. The van der Waals surface area contributed by atoms with Gasteiger partial charge in [-0.05, 0) is 67.5 Å². The summed E-state index contributed by atoms with van der Waals surface area (Å²) < 4.78 is 11.0. The molecule has 0 radical (unpaired) electrons. The van der Waals surface area contributed by atoms with Gasteiger partial charge in [-0.25, -0.2) is 0 Å². The van der Waals surface area contributed by atoms with Crippen molar-refractivity contribution in [1.29, 1.82) is 0 Å². The lowest BCUT2D eigenvalue weighted by atomic mass is 10.0. The average Bonchev–Trinajstić information content (AvgIpc) is 2.66. The van der Waals surface area contributed by atoms with Crippen LogP contribution in [0.25, 0.3) is 0 Å². The normalized spacial score (nSPS) is 10.5. The molecule has 0 heterocycles. The Morgan fingerprint density at radius 2 is 1.78 bits per heavy atom. The first-order chi connectivity index (χ1) is 13.0. The van der Waals surface area contributed by atoms with Gasteiger partial charge >= 0.3 is 0 Å². The van der Waals surface area contributed by atoms with Crippen LogP contribution in [0, 0.1) is 13.8 Å². The van der Waals surface area contributed by atoms with Gasteiger partial charge in [-0.15, -0.1) is 0 Å². The minimum atomic E-state index is 0.0272. The molecular formula is C23H31NO3. The molecular weight excluding hydrogens is 338 g/mol. The predicted octanol–water partition coefficient (Wildman–Crippen LogP) is 4.39. The van der Waals surface area contributed by atoms with Crippen molar-refractivity contribution in [3.05, 3.63) is 58.7 Å². The third-order valence-corrected chi connectivity index (χ3v) is 4.59. The highest BCUT2D eigenvalue weighted by Crippen LogP contribution is 2.28. The zero-order chi connectivity index (χ0) is 19.6. The summed E-state index contributed by atoms with van der Waals surface area (Å²) in [5.41, 5.74) is 4.87. The van der Waals surface area contributed by atoms with E-state index in [0.29, 0.717) is 25.3 Å². The quantitative estimate of drug-likeness (QED) is 0.632. The van der Waals surface area contributed by atoms with E-state index in [1.54, 1.807) is 7.11 Å². The second-order valence-corrected chi connectivity index (χ2v) is 6.88. The molecule has 0 saturated carbocycles. The van der Waals surface area contributed by atoms with E-state index in [1.165, 1.54) is 16.7 Å². The minimum absolute atomic E-state index is 0.0272. The molecule has 0 aliphatic heterocycles. The minimum Gasteiger partial charge on any atom is -0.493 e. The Balaban J connectivity index is 1.78. The Morgan fingerprint density at radius 1 is 1.00 bits per heavy atom. The number of carbonyl (C=O) groups excluding carboxylic acids is 1. The molecule has 0 aliphatic rings. The predicted molar refractivity (Wildman–Crippen MR) is 110 cm³/mol. The topological polar surface area (TPSA) is 47.6 Å². The van der Waals surface area contributed by atoms with Crippen LogP contribution >= 0.6 is 0 Å². The van der Waals surface area contributed by atoms with Crippen LogP contribution in [-0.4, -0.2) is 26.2 Å². The van der Waals surface area contributed by atoms with E-state index in [-0.39, 0.29) is 5.91 Å². The maximum absolute atomic E-state index is 12.2. The van der Waals surface area contributed by atoms with Gasteiger partial charge in [0, 0.05) is 6.54 Å². The summed E-state index contributed by atoms with van der Waals surface area (Å²) in [4.78, 5) is 12.2. The highest BCUT2D eigenvalue weighted by Gasteiger charge is 2.09. The van der Waals surface area contributed by atoms with Crippen molar-refractivity contribution in [3.8, 4) is 11.5 Å². The molecule has 2 aromatic carbocycles. The Hall–Kier alpha value is -2.49. The molecule has 146 valence electrons. The highest BCUT2D eigenvalue weighted by atomic mass is 16.5. The highest BCUT2D eigenvalue weighted by molar-refractivity contribution is 5.78. The van der Waals surface area contributed by atoms with E-state index in [1.807, 2.05) is 18.2 Å². The standard InChI is InChI=1S/C23H31NO3/c1-5-13-27-21-11-10-20(15-22(21)26-4)16-23(25)24-12-6-7-19-9-8-17(2)18(3)14-19/h8-11,14-15H,5-7,12-13,16H2,1-4H3,(H,24,25). The number of ether oxygens (including phenoxy) is 2. The molecule has 1 amide bonds. The lowest BCUT2D eigenvalue weighted by Gasteiger charge is -2.12. The first-order valence-corrected chi connectivity index (χ1v) is 9.66. The van der Waals surface area contributed by atoms with Crippen LogP contribution in [-0.2, 0) is 17.6 Å². The van der Waals surface area contributed by atoms with Gasteiger partial charge in [0.25, 0.3) is 0 Å². The number of carbonyl (C=O) groups is 1. The number of hydrogen-bond donors (Lipinski definition) is 1. The Bertz CT molecular complexity index is 755. The van der Waals surface area contributed by atoms with Crippen molar-refractivity contribution < 1.29 is 14.3 Å². The molecule has 2 aromatic rings. The lowest BCUT2D eigenvalue weighted by Crippen LogP contribution is -2.26. The summed E-state index contributed by atoms with van der Waals surface area (Å²) in [6.45, 7) is 7.65. The first kappa shape index (κ1) is 20.8. The fraction of sp³-hybridized carbons (Fsp3) is 0.435. The Kier molecular flexibility index (Phi) is 8.18. The van der Waals surface area contributed by atoms with Crippen molar-refractivity contribution in [2.75, 3.05) is 20.3 Å². The van der Waals surface area contributed by atoms with Crippen molar-refractivity contribution in [2.24, 2.45) is 0 Å². The fourth-order valence-electron chi connectivity index (χ4n) is 2.88. The van der Waals surface area contributed by atoms with Crippen LogP contribution in [0.1, 0.15) is 42.0 Å². The van der Waals surface area contributed by atoms with Gasteiger partial charge in [0.15, 0.2) is 11.5 Å². The molecule has 0 saturated heterocycles. The zero-order valence-electron chi connectivity index (χ0n) is 16.9. The van der Waals surface area contributed by atoms with E-state index in [0.717, 1.165) is 30.6 Å². The van der Waals surface area contributed by atoms with Crippen LogP contribution in [0.15, 0.2) is 36.4 Å². The summed E-state index contributed by atoms with van der Waals surface area (Å²) in [6.07, 6.45) is 3.18. The SMILES string of the molecule is CCCOc1ccc(CC(=O)NCCCc2ccc(C)c(C)c2)cc1OC. The molecule has 0 aliphatic carbocycles. The fourth-order valence-corrected chi connectivity index (χ4v) is 2.88. The second-order valence-electron chi connectivity index (χ2n) is 6.88. The van der Waals surface area contributed by atoms with Crippen LogP contribution in [0.5, 0.6) is 11.5 Å². The van der Waals surface area contributed by atoms with Gasteiger partial charge in [-0.3, -0.25) is 4.79 Å². The summed E-state index contributed by atoms with van der Waals surface area (Å²) in [6, 6.07) is 12.2. The van der Waals surface area contributed by atoms with Crippen molar-refractivity contribution in [2.45, 2.75) is 46.5 Å². The van der Waals surface area contributed by atoms with Gasteiger partial charge in [-0.2, -0.15) is 0 Å². The zero-order valence-corrected chi connectivity index (χ0v) is 16.9. The van der Waals surface area contributed by atoms with Crippen molar-refractivity contribution in [3.63, 3.8) is 0 Å². The van der Waals surface area contributed by atoms with Gasteiger partial charge in [0.05, 0.1) is 20.1 Å². The molecule has 0 unspecified atom stereocenters. The Labute approximate surface area is 162 Å². The molecule has 4 heteroatoms. The third kappa shape index (κ3) is 6.63. The number of amides is 1. The summed E-state index contributed by atoms with van der Waals surface area (Å²) >= 11 is 0. The first-order valence-electron chi connectivity index (χ1n) is 9.66. The van der Waals surface area contributed by atoms with Crippen molar-refractivity contribution >= 4 is 5.91 Å². The van der Waals surface area contributed by atoms with Crippen LogP contribution in [0.2, 0.25) is 0 Å². The van der Waals surface area contributed by atoms with Crippen molar-refractivity contribution in [1.82, 2.24) is 5.32 Å². The van der Waals surface area contributed by atoms with Crippen LogP contribution < -0.4 is 14.8 Å². The van der Waals surface area contributed by atoms with E-state index in [4.69, 9.17) is 9.47 Å². The molecule has 27 heavy (non-hydrogen) atoms. The van der Waals surface area contributed by atoms with Gasteiger partial charge in [0.1, 0.15) is 0 Å². The van der Waals surface area contributed by atoms with Gasteiger partial charge in [0.2, 0.25) is 5.91 Å². The average molecular weight is 370 g/mol. The number of aryl methyl sites for hydroxylation is 3. The number of nitrogens with one attached hydrogen (secondary N) is 1. The summed E-state index contributed by atoms with van der Waals surface area (Å²) in [7, 11) is 1.62. The van der Waals surface area contributed by atoms with E-state index in [9.17, 15) is 4.79 Å². The number of hydrogen-bond acceptors (Lipinski definition) is 3. The number of benzene rings is 2. The molecule has 0 aromatic heterocycles. The molecule has 1 N–H and O–H groups in total. The molecule has 0 atom stereocenters. The second kappa shape index (κ2) is 10.6. The summed E-state index contributed by atoms with van der Waals surface area (Å²) in [5.74, 6) is 1.42. The lowest BCUT2D eigenvalue weighted by molar-refractivity contribution is -0.120. The van der Waals surface area contributed by atoms with E-state index in [2.05, 4.69) is 44.3 Å². The van der Waals surface area contributed by atoms with Crippen LogP contribution in [0.3, 0.4) is 0 Å². The smallest absolute Gasteiger partial charge is 0.224 e. The molecule has 0 bridgehead atoms. The van der Waals surface area contributed by atoms with Gasteiger partial charge < -0.3 is 14.8 Å². The van der Waals surface area contributed by atoms with E-state index >= 15 is 0 Å². The maximum Gasteiger partial charge on any atom is 0.224 e. The van der Waals surface area contributed by atoms with Crippen LogP contribution in [0.4, 0.5) is 0 Å². The van der Waals surface area contributed by atoms with Gasteiger partial charge in [-0.1, -0.05) is 31.2 Å². The largest absolute Gasteiger partial charge is 0.493 e. The number of rotatable bonds is 10.